The Morgan fingerprint density at radius 1 is 1.40 bits per heavy atom. The summed E-state index contributed by atoms with van der Waals surface area (Å²) >= 11 is -3.11. The number of hydrogen-bond donors (Lipinski definition) is 0. The zero-order chi connectivity index (χ0) is 3.58. The van der Waals surface area contributed by atoms with Crippen molar-refractivity contribution in [1.82, 2.24) is 0 Å². The number of halogens is 1. The van der Waals surface area contributed by atoms with Crippen molar-refractivity contribution in [3.8, 4) is 0 Å². The molecule has 0 bridgehead atoms. The van der Waals surface area contributed by atoms with Crippen LogP contribution in [0.2, 0.25) is 0 Å². The third-order valence-corrected chi connectivity index (χ3v) is 0. The number of hydrogen-bond acceptors (Lipinski definition) is 3. The Hall–Kier alpha value is 0.360. The lowest BCUT2D eigenvalue weighted by Crippen LogP contribution is -1.76. The van der Waals surface area contributed by atoms with Gasteiger partial charge in [-0.15, -0.1) is 23.8 Å². The summed E-state index contributed by atoms with van der Waals surface area (Å²) in [4.78, 5) is 0. The fourth-order valence-electron chi connectivity index (χ4n) is 0. The van der Waals surface area contributed by atoms with Gasteiger partial charge in [0.05, 0.1) is 0 Å². The third kappa shape index (κ3) is 187. The molecule has 0 heterocycles. The molecule has 0 spiro atoms. The van der Waals surface area contributed by atoms with Gasteiger partial charge in [-0.3, -0.25) is 4.21 Å². The zero-order valence-electron chi connectivity index (χ0n) is 2.04. The van der Waals surface area contributed by atoms with E-state index in [1.165, 1.54) is 0 Å². The minimum Gasteiger partial charge on any atom is -0.784 e. The summed E-state index contributed by atoms with van der Waals surface area (Å²) < 4.78 is 25.3. The molecule has 0 atom stereocenters. The highest BCUT2D eigenvalue weighted by atomic mass is 35.5. The van der Waals surface area contributed by atoms with Crippen molar-refractivity contribution < 1.29 is 13.3 Å². The Kier molecular flexibility index (Phi) is 7.87. The van der Waals surface area contributed by atoms with Gasteiger partial charge >= 0.3 is 0 Å². The summed E-state index contributed by atoms with van der Waals surface area (Å²) in [6.07, 6.45) is 0. The molecule has 0 rings (SSSR count). The second-order valence-electron chi connectivity index (χ2n) is 0.204. The molecular weight excluding hydrogens is 116 g/mol. The van der Waals surface area contributed by atoms with Crippen LogP contribution >= 0.6 is 12.4 Å². The average molecular weight is 117 g/mol. The van der Waals surface area contributed by atoms with E-state index in [-0.39, 0.29) is 12.4 Å². The van der Waals surface area contributed by atoms with Gasteiger partial charge in [-0.05, 0) is 0 Å². The van der Waals surface area contributed by atoms with Crippen molar-refractivity contribution in [1.29, 1.82) is 0 Å². The second kappa shape index (κ2) is 4.36. The lowest BCUT2D eigenvalue weighted by atomic mass is 15.8. The van der Waals surface area contributed by atoms with Crippen molar-refractivity contribution in [2.45, 2.75) is 0 Å². The van der Waals surface area contributed by atoms with Crippen LogP contribution in [0.3, 0.4) is 0 Å². The van der Waals surface area contributed by atoms with Gasteiger partial charge in [-0.1, -0.05) is 0 Å². The SMILES string of the molecule is Cl.O=S([O-])[O-]. The van der Waals surface area contributed by atoms with Gasteiger partial charge < -0.3 is 9.11 Å². The molecule has 0 aliphatic carbocycles. The highest BCUT2D eigenvalue weighted by Gasteiger charge is 1.20. The van der Waals surface area contributed by atoms with Gasteiger partial charge in [-0.2, -0.15) is 0 Å². The van der Waals surface area contributed by atoms with Crippen molar-refractivity contribution in [3.05, 3.63) is 0 Å². The van der Waals surface area contributed by atoms with E-state index >= 15 is 0 Å². The van der Waals surface area contributed by atoms with Crippen LogP contribution in [0.25, 0.3) is 0 Å². The van der Waals surface area contributed by atoms with E-state index in [9.17, 15) is 0 Å². The molecule has 0 aromatic heterocycles. The molecule has 0 amide bonds. The Morgan fingerprint density at radius 2 is 1.40 bits per heavy atom. The highest BCUT2D eigenvalue weighted by molar-refractivity contribution is 7.72. The average Bonchev–Trinajstić information content (AvgIpc) is 0.811. The van der Waals surface area contributed by atoms with Crippen LogP contribution in [0, 0.1) is 0 Å². The lowest BCUT2D eigenvalue weighted by Gasteiger charge is -2.03. The largest absolute Gasteiger partial charge is 0.784 e. The first-order valence-corrected chi connectivity index (χ1v) is 1.50. The summed E-state index contributed by atoms with van der Waals surface area (Å²) in [6, 6.07) is 0. The molecular formula is HClO3S-2. The van der Waals surface area contributed by atoms with E-state index in [1.807, 2.05) is 0 Å². The van der Waals surface area contributed by atoms with Crippen LogP contribution in [-0.4, -0.2) is 13.3 Å². The summed E-state index contributed by atoms with van der Waals surface area (Å²) in [5.74, 6) is 0. The van der Waals surface area contributed by atoms with Crippen molar-refractivity contribution >= 4 is 23.8 Å². The fraction of sp³-hybridized carbons (Fsp3) is 0. The molecule has 0 aromatic carbocycles. The molecule has 5 heavy (non-hydrogen) atoms. The van der Waals surface area contributed by atoms with Crippen molar-refractivity contribution in [3.63, 3.8) is 0 Å². The van der Waals surface area contributed by atoms with E-state index in [0.717, 1.165) is 0 Å². The molecule has 0 aliphatic heterocycles. The molecule has 0 radical (unpaired) electrons. The van der Waals surface area contributed by atoms with Gasteiger partial charge in [-0.25, -0.2) is 0 Å². The predicted octanol–water partition coefficient (Wildman–Crippen LogP) is -0.582. The molecule has 0 fully saturated rings. The van der Waals surface area contributed by atoms with Gasteiger partial charge in [0.25, 0.3) is 0 Å². The molecule has 0 saturated carbocycles. The van der Waals surface area contributed by atoms with E-state index in [4.69, 9.17) is 13.3 Å². The molecule has 0 unspecified atom stereocenters. The minimum atomic E-state index is -3.11. The van der Waals surface area contributed by atoms with Crippen LogP contribution in [0.1, 0.15) is 0 Å². The Balaban J connectivity index is 0. The van der Waals surface area contributed by atoms with Gasteiger partial charge in [0, 0.05) is 0 Å². The van der Waals surface area contributed by atoms with Crippen LogP contribution in [-0.2, 0) is 11.4 Å². The Bertz CT molecular complexity index is 29.9. The predicted molar refractivity (Wildman–Crippen MR) is 16.9 cm³/mol. The Morgan fingerprint density at radius 3 is 1.40 bits per heavy atom. The highest BCUT2D eigenvalue weighted by Crippen LogP contribution is 1.42. The Labute approximate surface area is 37.9 Å². The number of rotatable bonds is 0. The molecule has 3 nitrogen and oxygen atoms in total. The topological polar surface area (TPSA) is 63.2 Å². The van der Waals surface area contributed by atoms with Crippen LogP contribution < -0.4 is 0 Å². The monoisotopic (exact) mass is 116 g/mol. The molecule has 34 valence electrons. The van der Waals surface area contributed by atoms with Gasteiger partial charge in [0.15, 0.2) is 0 Å². The molecule has 0 aromatic rings. The first-order chi connectivity index (χ1) is 1.73. The van der Waals surface area contributed by atoms with E-state index < -0.39 is 11.4 Å². The molecule has 0 N–H and O–H groups in total. The summed E-state index contributed by atoms with van der Waals surface area (Å²) in [5.41, 5.74) is 0. The zero-order valence-corrected chi connectivity index (χ0v) is 3.67. The molecule has 0 aliphatic rings. The second-order valence-corrected chi connectivity index (χ2v) is 0.612. The van der Waals surface area contributed by atoms with Crippen molar-refractivity contribution in [2.24, 2.45) is 0 Å². The standard InChI is InChI=1S/ClH.H2O3S/c;1-4(2)3/h1H;(H2,1,2,3)/p-2. The van der Waals surface area contributed by atoms with E-state index in [0.29, 0.717) is 0 Å². The normalized spacial score (nSPS) is 7.00. The van der Waals surface area contributed by atoms with Crippen LogP contribution in [0.5, 0.6) is 0 Å². The third-order valence-electron chi connectivity index (χ3n) is 0. The first-order valence-electron chi connectivity index (χ1n) is 0.500. The maximum absolute atomic E-state index is 8.44. The summed E-state index contributed by atoms with van der Waals surface area (Å²) in [5, 5.41) is 0. The smallest absolute Gasteiger partial charge is 0.142 e. The van der Waals surface area contributed by atoms with Crippen LogP contribution in [0.15, 0.2) is 0 Å². The molecule has 0 saturated heterocycles. The quantitative estimate of drug-likeness (QED) is 0.398. The molecule has 5 heteroatoms. The lowest BCUT2D eigenvalue weighted by molar-refractivity contribution is 0.419. The maximum atomic E-state index is 8.44. The van der Waals surface area contributed by atoms with Crippen molar-refractivity contribution in [2.75, 3.05) is 0 Å². The van der Waals surface area contributed by atoms with Crippen LogP contribution in [0.4, 0.5) is 0 Å². The summed E-state index contributed by atoms with van der Waals surface area (Å²) in [7, 11) is 0. The summed E-state index contributed by atoms with van der Waals surface area (Å²) in [6.45, 7) is 0. The first kappa shape index (κ1) is 9.03. The maximum Gasteiger partial charge on any atom is -0.142 e. The van der Waals surface area contributed by atoms with E-state index in [1.54, 1.807) is 0 Å². The fourth-order valence-corrected chi connectivity index (χ4v) is 0. The van der Waals surface area contributed by atoms with E-state index in [2.05, 4.69) is 0 Å². The van der Waals surface area contributed by atoms with Gasteiger partial charge in [0.1, 0.15) is 0 Å². The minimum absolute atomic E-state index is 0. The van der Waals surface area contributed by atoms with Gasteiger partial charge in [0.2, 0.25) is 0 Å².